The Bertz CT molecular complexity index is 868. The fourth-order valence-electron chi connectivity index (χ4n) is 3.22. The molecule has 8 heteroatoms. The lowest BCUT2D eigenvalue weighted by Crippen LogP contribution is -2.46. The molecule has 0 aromatic heterocycles. The molecule has 0 atom stereocenters. The third-order valence-electron chi connectivity index (χ3n) is 4.85. The molecule has 0 N–H and O–H groups in total. The van der Waals surface area contributed by atoms with E-state index >= 15 is 0 Å². The standard InChI is InChI=1S/C21H25Cl2N3O3/c1-24(2)21(27)29-20-13-17(23)15(12-19(20)28-3)14-25-8-10-26(11-9-25)18-7-5-4-6-16(18)22/h4-7,12-13H,8-11,14H2,1-3H3. The van der Waals surface area contributed by atoms with Crippen molar-refractivity contribution < 1.29 is 14.3 Å². The van der Waals surface area contributed by atoms with Crippen LogP contribution >= 0.6 is 23.2 Å². The summed E-state index contributed by atoms with van der Waals surface area (Å²) in [5.74, 6) is 0.790. The van der Waals surface area contributed by atoms with Gasteiger partial charge in [-0.25, -0.2) is 4.79 Å². The van der Waals surface area contributed by atoms with Crippen molar-refractivity contribution in [2.45, 2.75) is 6.54 Å². The molecule has 0 radical (unpaired) electrons. The molecule has 0 aliphatic carbocycles. The van der Waals surface area contributed by atoms with Gasteiger partial charge in [0.2, 0.25) is 0 Å². The van der Waals surface area contributed by atoms with Gasteiger partial charge < -0.3 is 19.3 Å². The lowest BCUT2D eigenvalue weighted by Gasteiger charge is -2.36. The zero-order valence-corrected chi connectivity index (χ0v) is 18.3. The molecule has 1 heterocycles. The van der Waals surface area contributed by atoms with E-state index in [1.165, 1.54) is 4.90 Å². The van der Waals surface area contributed by atoms with Crippen LogP contribution in [-0.4, -0.2) is 63.3 Å². The second-order valence-electron chi connectivity index (χ2n) is 7.07. The van der Waals surface area contributed by atoms with Gasteiger partial charge in [-0.2, -0.15) is 0 Å². The summed E-state index contributed by atoms with van der Waals surface area (Å²) in [6, 6.07) is 11.4. The van der Waals surface area contributed by atoms with Gasteiger partial charge >= 0.3 is 6.09 Å². The van der Waals surface area contributed by atoms with Gasteiger partial charge in [-0.1, -0.05) is 35.3 Å². The number of ether oxygens (including phenoxy) is 2. The number of piperazine rings is 1. The quantitative estimate of drug-likeness (QED) is 0.693. The van der Waals surface area contributed by atoms with E-state index in [0.717, 1.165) is 42.5 Å². The highest BCUT2D eigenvalue weighted by atomic mass is 35.5. The van der Waals surface area contributed by atoms with E-state index in [-0.39, 0.29) is 0 Å². The van der Waals surface area contributed by atoms with Crippen molar-refractivity contribution in [2.75, 3.05) is 52.3 Å². The smallest absolute Gasteiger partial charge is 0.414 e. The summed E-state index contributed by atoms with van der Waals surface area (Å²) in [6.45, 7) is 4.24. The number of benzene rings is 2. The minimum Gasteiger partial charge on any atom is -0.493 e. The lowest BCUT2D eigenvalue weighted by atomic mass is 10.1. The van der Waals surface area contributed by atoms with Crippen molar-refractivity contribution in [1.82, 2.24) is 9.80 Å². The van der Waals surface area contributed by atoms with Crippen molar-refractivity contribution in [3.05, 3.63) is 52.0 Å². The Labute approximate surface area is 181 Å². The fraction of sp³-hybridized carbons (Fsp3) is 0.381. The normalized spacial score (nSPS) is 14.6. The highest BCUT2D eigenvalue weighted by Crippen LogP contribution is 2.34. The van der Waals surface area contributed by atoms with Crippen LogP contribution in [0.2, 0.25) is 10.0 Å². The van der Waals surface area contributed by atoms with Gasteiger partial charge in [0.1, 0.15) is 0 Å². The summed E-state index contributed by atoms with van der Waals surface area (Å²) in [7, 11) is 4.78. The number of anilines is 1. The van der Waals surface area contributed by atoms with Crippen molar-refractivity contribution >= 4 is 35.0 Å². The van der Waals surface area contributed by atoms with Crippen LogP contribution in [0.25, 0.3) is 0 Å². The number of hydrogen-bond acceptors (Lipinski definition) is 5. The number of rotatable bonds is 5. The Morgan fingerprint density at radius 3 is 2.34 bits per heavy atom. The monoisotopic (exact) mass is 437 g/mol. The van der Waals surface area contributed by atoms with Crippen molar-refractivity contribution in [2.24, 2.45) is 0 Å². The summed E-state index contributed by atoms with van der Waals surface area (Å²) in [4.78, 5) is 17.8. The molecule has 0 saturated carbocycles. The number of hydrogen-bond donors (Lipinski definition) is 0. The summed E-state index contributed by atoms with van der Waals surface area (Å²) in [6.07, 6.45) is -0.484. The molecule has 0 unspecified atom stereocenters. The maximum atomic E-state index is 11.8. The van der Waals surface area contributed by atoms with Gasteiger partial charge in [0.25, 0.3) is 0 Å². The van der Waals surface area contributed by atoms with E-state index in [1.807, 2.05) is 30.3 Å². The summed E-state index contributed by atoms with van der Waals surface area (Å²) in [5.41, 5.74) is 2.00. The van der Waals surface area contributed by atoms with Gasteiger partial charge in [-0.15, -0.1) is 0 Å². The fourth-order valence-corrected chi connectivity index (χ4v) is 3.69. The molecule has 1 amide bonds. The van der Waals surface area contributed by atoms with Crippen LogP contribution in [0, 0.1) is 0 Å². The molecule has 0 spiro atoms. The lowest BCUT2D eigenvalue weighted by molar-refractivity contribution is 0.170. The van der Waals surface area contributed by atoms with Gasteiger partial charge in [0.05, 0.1) is 17.8 Å². The Balaban J connectivity index is 1.66. The first-order valence-electron chi connectivity index (χ1n) is 9.36. The number of carbonyl (C=O) groups is 1. The Morgan fingerprint density at radius 2 is 1.72 bits per heavy atom. The van der Waals surface area contributed by atoms with Crippen molar-refractivity contribution in [3.8, 4) is 11.5 Å². The average molecular weight is 438 g/mol. The van der Waals surface area contributed by atoms with Crippen LogP contribution in [-0.2, 0) is 6.54 Å². The highest BCUT2D eigenvalue weighted by Gasteiger charge is 2.21. The molecule has 2 aromatic rings. The van der Waals surface area contributed by atoms with E-state index in [9.17, 15) is 4.79 Å². The number of amides is 1. The largest absolute Gasteiger partial charge is 0.493 e. The minimum absolute atomic E-state index is 0.309. The zero-order valence-electron chi connectivity index (χ0n) is 16.8. The number of methoxy groups -OCH3 is 1. The molecular weight excluding hydrogens is 413 g/mol. The predicted octanol–water partition coefficient (Wildman–Crippen LogP) is 4.38. The first-order chi connectivity index (χ1) is 13.9. The molecule has 3 rings (SSSR count). The van der Waals surface area contributed by atoms with E-state index < -0.39 is 6.09 Å². The molecule has 2 aromatic carbocycles. The number of para-hydroxylation sites is 1. The van der Waals surface area contributed by atoms with Crippen LogP contribution < -0.4 is 14.4 Å². The van der Waals surface area contributed by atoms with E-state index in [2.05, 4.69) is 9.80 Å². The van der Waals surface area contributed by atoms with Crippen LogP contribution in [0.15, 0.2) is 36.4 Å². The van der Waals surface area contributed by atoms with Crippen LogP contribution in [0.3, 0.4) is 0 Å². The van der Waals surface area contributed by atoms with E-state index in [1.54, 1.807) is 27.3 Å². The predicted molar refractivity (Wildman–Crippen MR) is 117 cm³/mol. The van der Waals surface area contributed by atoms with Crippen LogP contribution in [0.5, 0.6) is 11.5 Å². The highest BCUT2D eigenvalue weighted by molar-refractivity contribution is 6.33. The van der Waals surface area contributed by atoms with Crippen LogP contribution in [0.4, 0.5) is 10.5 Å². The third kappa shape index (κ3) is 5.26. The van der Waals surface area contributed by atoms with Gasteiger partial charge in [-0.05, 0) is 23.8 Å². The third-order valence-corrected chi connectivity index (χ3v) is 5.53. The molecule has 0 bridgehead atoms. The second kappa shape index (κ2) is 9.57. The Morgan fingerprint density at radius 1 is 1.03 bits per heavy atom. The minimum atomic E-state index is -0.484. The molecular formula is C21H25Cl2N3O3. The maximum Gasteiger partial charge on any atom is 0.414 e. The molecule has 1 saturated heterocycles. The zero-order chi connectivity index (χ0) is 21.0. The van der Waals surface area contributed by atoms with E-state index in [4.69, 9.17) is 32.7 Å². The van der Waals surface area contributed by atoms with Gasteiger partial charge in [0, 0.05) is 57.9 Å². The number of nitrogens with zero attached hydrogens (tertiary/aromatic N) is 3. The average Bonchev–Trinajstić information content (AvgIpc) is 2.71. The first-order valence-corrected chi connectivity index (χ1v) is 10.1. The summed E-state index contributed by atoms with van der Waals surface area (Å²) < 4.78 is 10.7. The molecule has 156 valence electrons. The molecule has 1 aliphatic heterocycles. The first kappa shape index (κ1) is 21.6. The number of carbonyl (C=O) groups excluding carboxylic acids is 1. The molecule has 1 fully saturated rings. The van der Waals surface area contributed by atoms with E-state index in [0.29, 0.717) is 23.1 Å². The topological polar surface area (TPSA) is 45.3 Å². The summed E-state index contributed by atoms with van der Waals surface area (Å²) in [5, 5.41) is 1.32. The summed E-state index contributed by atoms with van der Waals surface area (Å²) >= 11 is 12.8. The van der Waals surface area contributed by atoms with Crippen molar-refractivity contribution in [1.29, 1.82) is 0 Å². The molecule has 6 nitrogen and oxygen atoms in total. The Hall–Kier alpha value is -2.15. The SMILES string of the molecule is COc1cc(CN2CCN(c3ccccc3Cl)CC2)c(Cl)cc1OC(=O)N(C)C. The number of halogens is 2. The van der Waals surface area contributed by atoms with Crippen LogP contribution in [0.1, 0.15) is 5.56 Å². The Kier molecular flexibility index (Phi) is 7.11. The van der Waals surface area contributed by atoms with Crippen molar-refractivity contribution in [3.63, 3.8) is 0 Å². The molecule has 29 heavy (non-hydrogen) atoms. The second-order valence-corrected chi connectivity index (χ2v) is 7.89. The van der Waals surface area contributed by atoms with Gasteiger partial charge in [0.15, 0.2) is 11.5 Å². The maximum absolute atomic E-state index is 11.8. The van der Waals surface area contributed by atoms with Gasteiger partial charge in [-0.3, -0.25) is 4.90 Å². The molecule has 1 aliphatic rings.